The third-order valence-electron chi connectivity index (χ3n) is 2.14. The van der Waals surface area contributed by atoms with Gasteiger partial charge in [-0.3, -0.25) is 4.79 Å². The molecular formula is C10H10N4O2. The summed E-state index contributed by atoms with van der Waals surface area (Å²) >= 11 is 0. The van der Waals surface area contributed by atoms with E-state index in [0.29, 0.717) is 17.9 Å². The first-order chi connectivity index (χ1) is 7.83. The Kier molecular flexibility index (Phi) is 2.90. The normalized spacial score (nSPS) is 10.1. The number of aldehydes is 1. The predicted octanol–water partition coefficient (Wildman–Crippen LogP) is 0.542. The van der Waals surface area contributed by atoms with Crippen LogP contribution in [-0.4, -0.2) is 33.6 Å². The molecule has 82 valence electrons. The number of methoxy groups -OCH3 is 1. The van der Waals surface area contributed by atoms with Crippen molar-refractivity contribution in [3.05, 3.63) is 35.7 Å². The van der Waals surface area contributed by atoms with Crippen LogP contribution >= 0.6 is 0 Å². The summed E-state index contributed by atoms with van der Waals surface area (Å²) in [6, 6.07) is 5.35. The van der Waals surface area contributed by atoms with E-state index >= 15 is 0 Å². The standard InChI is InChI=1S/C10H10N4O2/c1-16-10-3-2-8(4-9(10)6-15)5-14-12-7-11-13-14/h2-4,6-7H,5H2,1H3. The summed E-state index contributed by atoms with van der Waals surface area (Å²) in [7, 11) is 1.53. The molecule has 0 fully saturated rings. The van der Waals surface area contributed by atoms with Crippen LogP contribution in [0.1, 0.15) is 15.9 Å². The maximum Gasteiger partial charge on any atom is 0.162 e. The monoisotopic (exact) mass is 218 g/mol. The fourth-order valence-electron chi connectivity index (χ4n) is 1.40. The van der Waals surface area contributed by atoms with Crippen molar-refractivity contribution >= 4 is 6.29 Å². The zero-order valence-corrected chi connectivity index (χ0v) is 8.70. The molecule has 0 spiro atoms. The molecule has 0 saturated heterocycles. The number of carbonyl (C=O) groups is 1. The van der Waals surface area contributed by atoms with Crippen molar-refractivity contribution in [2.75, 3.05) is 7.11 Å². The lowest BCUT2D eigenvalue weighted by Gasteiger charge is -2.05. The smallest absolute Gasteiger partial charge is 0.162 e. The second-order valence-corrected chi connectivity index (χ2v) is 3.16. The number of benzene rings is 1. The lowest BCUT2D eigenvalue weighted by Crippen LogP contribution is -2.04. The van der Waals surface area contributed by atoms with Crippen molar-refractivity contribution in [3.63, 3.8) is 0 Å². The summed E-state index contributed by atoms with van der Waals surface area (Å²) in [5.41, 5.74) is 1.43. The van der Waals surface area contributed by atoms with Crippen LogP contribution in [-0.2, 0) is 6.54 Å². The van der Waals surface area contributed by atoms with Crippen molar-refractivity contribution in [2.45, 2.75) is 6.54 Å². The first kappa shape index (κ1) is 10.3. The molecule has 1 heterocycles. The molecule has 6 nitrogen and oxygen atoms in total. The summed E-state index contributed by atoms with van der Waals surface area (Å²) in [5.74, 6) is 0.560. The number of carbonyl (C=O) groups excluding carboxylic acids is 1. The van der Waals surface area contributed by atoms with Crippen LogP contribution in [0.3, 0.4) is 0 Å². The van der Waals surface area contributed by atoms with E-state index in [9.17, 15) is 4.79 Å². The highest BCUT2D eigenvalue weighted by atomic mass is 16.5. The van der Waals surface area contributed by atoms with Gasteiger partial charge in [-0.25, -0.2) is 0 Å². The number of hydrogen-bond donors (Lipinski definition) is 0. The van der Waals surface area contributed by atoms with E-state index in [1.165, 1.54) is 18.2 Å². The maximum atomic E-state index is 10.8. The third kappa shape index (κ3) is 2.05. The molecule has 2 rings (SSSR count). The lowest BCUT2D eigenvalue weighted by molar-refractivity contribution is 0.112. The van der Waals surface area contributed by atoms with Crippen LogP contribution in [0, 0.1) is 0 Å². The molecule has 2 aromatic rings. The molecule has 0 N–H and O–H groups in total. The quantitative estimate of drug-likeness (QED) is 0.700. The molecule has 0 aliphatic heterocycles. The number of aromatic nitrogens is 4. The molecule has 0 aliphatic rings. The van der Waals surface area contributed by atoms with E-state index in [1.807, 2.05) is 6.07 Å². The van der Waals surface area contributed by atoms with Gasteiger partial charge >= 0.3 is 0 Å². The largest absolute Gasteiger partial charge is 0.496 e. The Labute approximate surface area is 91.8 Å². The molecule has 0 aliphatic carbocycles. The van der Waals surface area contributed by atoms with Crippen molar-refractivity contribution in [3.8, 4) is 5.75 Å². The van der Waals surface area contributed by atoms with Gasteiger partial charge in [0.1, 0.15) is 5.75 Å². The van der Waals surface area contributed by atoms with Gasteiger partial charge in [0.2, 0.25) is 0 Å². The van der Waals surface area contributed by atoms with Gasteiger partial charge < -0.3 is 4.74 Å². The molecule has 0 unspecified atom stereocenters. The van der Waals surface area contributed by atoms with Gasteiger partial charge in [0.05, 0.1) is 19.2 Å². The van der Waals surface area contributed by atoms with Crippen LogP contribution in [0.5, 0.6) is 5.75 Å². The number of tetrazole rings is 1. The van der Waals surface area contributed by atoms with Gasteiger partial charge in [0.15, 0.2) is 12.6 Å². The van der Waals surface area contributed by atoms with Gasteiger partial charge in [0, 0.05) is 0 Å². The summed E-state index contributed by atoms with van der Waals surface area (Å²) in [4.78, 5) is 12.3. The molecular weight excluding hydrogens is 208 g/mol. The van der Waals surface area contributed by atoms with Crippen LogP contribution < -0.4 is 4.74 Å². The first-order valence-corrected chi connectivity index (χ1v) is 4.66. The average Bonchev–Trinajstić information content (AvgIpc) is 2.81. The number of hydrogen-bond acceptors (Lipinski definition) is 5. The Balaban J connectivity index is 2.26. The lowest BCUT2D eigenvalue weighted by atomic mass is 10.1. The number of rotatable bonds is 4. The predicted molar refractivity (Wildman–Crippen MR) is 55.3 cm³/mol. The van der Waals surface area contributed by atoms with Gasteiger partial charge in [-0.2, -0.15) is 4.80 Å². The SMILES string of the molecule is COc1ccc(Cn2ncnn2)cc1C=O. The van der Waals surface area contributed by atoms with Gasteiger partial charge in [-0.15, -0.1) is 10.2 Å². The fraction of sp³-hybridized carbons (Fsp3) is 0.200. The van der Waals surface area contributed by atoms with E-state index in [0.717, 1.165) is 11.8 Å². The molecule has 0 saturated carbocycles. The van der Waals surface area contributed by atoms with Crippen molar-refractivity contribution in [1.82, 2.24) is 20.2 Å². The Morgan fingerprint density at radius 2 is 2.38 bits per heavy atom. The molecule has 6 heteroatoms. The van der Waals surface area contributed by atoms with Crippen LogP contribution in [0.4, 0.5) is 0 Å². The maximum absolute atomic E-state index is 10.8. The van der Waals surface area contributed by atoms with Crippen molar-refractivity contribution in [1.29, 1.82) is 0 Å². The molecule has 0 bridgehead atoms. The van der Waals surface area contributed by atoms with Gasteiger partial charge in [-0.1, -0.05) is 6.07 Å². The highest BCUT2D eigenvalue weighted by Gasteiger charge is 2.04. The van der Waals surface area contributed by atoms with E-state index in [4.69, 9.17) is 4.74 Å². The van der Waals surface area contributed by atoms with Crippen LogP contribution in [0.2, 0.25) is 0 Å². The molecule has 0 atom stereocenters. The van der Waals surface area contributed by atoms with Gasteiger partial charge in [0.25, 0.3) is 0 Å². The minimum absolute atomic E-state index is 0.477. The highest BCUT2D eigenvalue weighted by Crippen LogP contribution is 2.18. The van der Waals surface area contributed by atoms with Crippen molar-refractivity contribution < 1.29 is 9.53 Å². The fourth-order valence-corrected chi connectivity index (χ4v) is 1.40. The zero-order valence-electron chi connectivity index (χ0n) is 8.70. The minimum atomic E-state index is 0.477. The molecule has 0 amide bonds. The molecule has 0 radical (unpaired) electrons. The molecule has 16 heavy (non-hydrogen) atoms. The van der Waals surface area contributed by atoms with Crippen LogP contribution in [0.15, 0.2) is 24.5 Å². The Bertz CT molecular complexity index is 482. The Hall–Kier alpha value is -2.24. The molecule has 1 aromatic heterocycles. The minimum Gasteiger partial charge on any atom is -0.496 e. The average molecular weight is 218 g/mol. The van der Waals surface area contributed by atoms with E-state index in [2.05, 4.69) is 15.4 Å². The second-order valence-electron chi connectivity index (χ2n) is 3.16. The first-order valence-electron chi connectivity index (χ1n) is 4.66. The van der Waals surface area contributed by atoms with Crippen LogP contribution in [0.25, 0.3) is 0 Å². The van der Waals surface area contributed by atoms with Crippen molar-refractivity contribution in [2.24, 2.45) is 0 Å². The summed E-state index contributed by atoms with van der Waals surface area (Å²) in [6.07, 6.45) is 2.13. The Morgan fingerprint density at radius 1 is 1.50 bits per heavy atom. The summed E-state index contributed by atoms with van der Waals surface area (Å²) in [6.45, 7) is 0.477. The summed E-state index contributed by atoms with van der Waals surface area (Å²) in [5, 5.41) is 11.2. The summed E-state index contributed by atoms with van der Waals surface area (Å²) < 4.78 is 5.04. The number of nitrogens with zero attached hydrogens (tertiary/aromatic N) is 4. The zero-order chi connectivity index (χ0) is 11.4. The second kappa shape index (κ2) is 4.52. The van der Waals surface area contributed by atoms with E-state index < -0.39 is 0 Å². The highest BCUT2D eigenvalue weighted by molar-refractivity contribution is 5.79. The van der Waals surface area contributed by atoms with E-state index in [1.54, 1.807) is 12.1 Å². The topological polar surface area (TPSA) is 69.9 Å². The molecule has 1 aromatic carbocycles. The Morgan fingerprint density at radius 3 is 3.00 bits per heavy atom. The van der Waals surface area contributed by atoms with E-state index in [-0.39, 0.29) is 0 Å². The number of ether oxygens (including phenoxy) is 1. The third-order valence-corrected chi connectivity index (χ3v) is 2.14. The van der Waals surface area contributed by atoms with Gasteiger partial charge in [-0.05, 0) is 22.9 Å².